The molecule has 0 nitrogen and oxygen atoms in total. The molecule has 1 heteroatoms. The van der Waals surface area contributed by atoms with Crippen LogP contribution < -0.4 is 0 Å². The Hall–Kier alpha value is -1.37. The third kappa shape index (κ3) is 15.4. The van der Waals surface area contributed by atoms with Crippen molar-refractivity contribution in [2.75, 3.05) is 0 Å². The normalized spacial score (nSPS) is 7.47. The summed E-state index contributed by atoms with van der Waals surface area (Å²) >= 11 is 0. The van der Waals surface area contributed by atoms with Crippen LogP contribution in [0.5, 0.6) is 0 Å². The fourth-order valence-electron chi connectivity index (χ4n) is 0.781. The van der Waals surface area contributed by atoms with Crippen LogP contribution in [0.3, 0.4) is 0 Å². The molecule has 0 aliphatic heterocycles. The van der Waals surface area contributed by atoms with E-state index in [0.717, 1.165) is 6.42 Å². The lowest BCUT2D eigenvalue weighted by Crippen LogP contribution is -1.75. The van der Waals surface area contributed by atoms with Gasteiger partial charge in [-0.25, -0.2) is 4.39 Å². The highest BCUT2D eigenvalue weighted by Gasteiger charge is 1.82. The Morgan fingerprint density at radius 1 is 1.27 bits per heavy atom. The van der Waals surface area contributed by atoms with E-state index in [1.807, 2.05) is 38.1 Å². The van der Waals surface area contributed by atoms with Crippen LogP contribution in [0.25, 0.3) is 0 Å². The van der Waals surface area contributed by atoms with Crippen LogP contribution in [0.2, 0.25) is 0 Å². The van der Waals surface area contributed by atoms with Gasteiger partial charge in [-0.05, 0) is 18.9 Å². The van der Waals surface area contributed by atoms with E-state index in [9.17, 15) is 4.39 Å². The van der Waals surface area contributed by atoms with E-state index in [0.29, 0.717) is 0 Å². The van der Waals surface area contributed by atoms with E-state index < -0.39 is 0 Å². The molecule has 0 heterocycles. The highest BCUT2D eigenvalue weighted by atomic mass is 19.1. The number of rotatable bonds is 2. The quantitative estimate of drug-likeness (QED) is 0.604. The van der Waals surface area contributed by atoms with Crippen molar-refractivity contribution in [3.05, 3.63) is 61.0 Å². The summed E-state index contributed by atoms with van der Waals surface area (Å²) in [4.78, 5) is 0. The van der Waals surface area contributed by atoms with Crippen LogP contribution in [0.4, 0.5) is 4.39 Å². The highest BCUT2D eigenvalue weighted by Crippen LogP contribution is 1.98. The van der Waals surface area contributed by atoms with Gasteiger partial charge in [0.1, 0.15) is 0 Å². The first-order valence-electron chi connectivity index (χ1n) is 5.12. The van der Waals surface area contributed by atoms with Gasteiger partial charge in [0.15, 0.2) is 0 Å². The fraction of sp³-hybridized carbons (Fsp3) is 0.286. The van der Waals surface area contributed by atoms with Crippen LogP contribution in [0.15, 0.2) is 55.4 Å². The summed E-state index contributed by atoms with van der Waals surface area (Å²) in [6.45, 7) is 11.9. The monoisotopic (exact) mass is 208 g/mol. The van der Waals surface area contributed by atoms with E-state index in [-0.39, 0.29) is 5.83 Å². The van der Waals surface area contributed by atoms with Crippen LogP contribution >= 0.6 is 0 Å². The molecule has 0 aromatic heterocycles. The van der Waals surface area contributed by atoms with Gasteiger partial charge in [0.2, 0.25) is 0 Å². The van der Waals surface area contributed by atoms with Crippen molar-refractivity contribution < 1.29 is 4.39 Å². The lowest BCUT2D eigenvalue weighted by atomic mass is 10.2. The maximum Gasteiger partial charge on any atom is 0.0897 e. The standard InChI is InChI=1S/C9H10.C3H5F.C2H6/c1-2-6-9-7-4-3-5-8-9;1-3(2)4;1-2/h2-5,7-8H,1,6H2;1H2,2H3;1-2H3. The predicted molar refractivity (Wildman–Crippen MR) is 67.6 cm³/mol. The van der Waals surface area contributed by atoms with Crippen LogP contribution in [0.1, 0.15) is 26.3 Å². The van der Waals surface area contributed by atoms with Gasteiger partial charge in [0, 0.05) is 0 Å². The molecule has 0 spiro atoms. The molecule has 0 radical (unpaired) electrons. The van der Waals surface area contributed by atoms with E-state index >= 15 is 0 Å². The van der Waals surface area contributed by atoms with Gasteiger partial charge >= 0.3 is 0 Å². The van der Waals surface area contributed by atoms with E-state index in [1.165, 1.54) is 12.5 Å². The Bertz CT molecular complexity index is 245. The average molecular weight is 208 g/mol. The Balaban J connectivity index is 0. The molecule has 0 bridgehead atoms. The summed E-state index contributed by atoms with van der Waals surface area (Å²) in [5.41, 5.74) is 1.33. The second-order valence-corrected chi connectivity index (χ2v) is 2.65. The second-order valence-electron chi connectivity index (χ2n) is 2.65. The second kappa shape index (κ2) is 12.6. The van der Waals surface area contributed by atoms with E-state index in [2.05, 4.69) is 25.3 Å². The molecule has 0 atom stereocenters. The number of allylic oxidation sites excluding steroid dienone is 2. The third-order valence-electron chi connectivity index (χ3n) is 1.22. The van der Waals surface area contributed by atoms with Gasteiger partial charge in [-0.3, -0.25) is 0 Å². The highest BCUT2D eigenvalue weighted by molar-refractivity contribution is 5.16. The van der Waals surface area contributed by atoms with Crippen molar-refractivity contribution in [1.82, 2.24) is 0 Å². The first kappa shape index (κ1) is 16.1. The summed E-state index contributed by atoms with van der Waals surface area (Å²) in [5.74, 6) is -0.333. The Morgan fingerprint density at radius 3 is 2.00 bits per heavy atom. The smallest absolute Gasteiger partial charge is 0.0897 e. The van der Waals surface area contributed by atoms with Gasteiger partial charge < -0.3 is 0 Å². The lowest BCUT2D eigenvalue weighted by Gasteiger charge is -1.91. The zero-order valence-electron chi connectivity index (χ0n) is 9.96. The molecule has 15 heavy (non-hydrogen) atoms. The maximum absolute atomic E-state index is 10.8. The first-order chi connectivity index (χ1) is 7.16. The maximum atomic E-state index is 10.8. The summed E-state index contributed by atoms with van der Waals surface area (Å²) in [5, 5.41) is 0. The number of hydrogen-bond donors (Lipinski definition) is 0. The molecule has 0 aliphatic carbocycles. The molecule has 1 aromatic rings. The summed E-state index contributed by atoms with van der Waals surface area (Å²) < 4.78 is 10.8. The van der Waals surface area contributed by atoms with Crippen molar-refractivity contribution in [3.63, 3.8) is 0 Å². The van der Waals surface area contributed by atoms with Gasteiger partial charge in [0.05, 0.1) is 5.83 Å². The Kier molecular flexibility index (Phi) is 13.5. The van der Waals surface area contributed by atoms with Crippen molar-refractivity contribution in [2.24, 2.45) is 0 Å². The average Bonchev–Trinajstić information content (AvgIpc) is 2.22. The van der Waals surface area contributed by atoms with Crippen molar-refractivity contribution in [1.29, 1.82) is 0 Å². The van der Waals surface area contributed by atoms with Crippen LogP contribution in [-0.2, 0) is 6.42 Å². The third-order valence-corrected chi connectivity index (χ3v) is 1.22. The minimum atomic E-state index is -0.333. The molecule has 0 unspecified atom stereocenters. The minimum absolute atomic E-state index is 0.333. The lowest BCUT2D eigenvalue weighted by molar-refractivity contribution is 0.645. The van der Waals surface area contributed by atoms with Gasteiger partial charge in [-0.2, -0.15) is 0 Å². The Labute approximate surface area is 93.1 Å². The fourth-order valence-corrected chi connectivity index (χ4v) is 0.781. The van der Waals surface area contributed by atoms with Crippen molar-refractivity contribution in [3.8, 4) is 0 Å². The molecular formula is C14H21F. The summed E-state index contributed by atoms with van der Waals surface area (Å²) in [6.07, 6.45) is 2.89. The molecule has 0 aliphatic rings. The van der Waals surface area contributed by atoms with Gasteiger partial charge in [-0.15, -0.1) is 6.58 Å². The molecule has 0 fully saturated rings. The van der Waals surface area contributed by atoms with E-state index in [4.69, 9.17) is 0 Å². The van der Waals surface area contributed by atoms with Crippen molar-refractivity contribution in [2.45, 2.75) is 27.2 Å². The minimum Gasteiger partial charge on any atom is -0.213 e. The molecule has 0 amide bonds. The summed E-state index contributed by atoms with van der Waals surface area (Å²) in [7, 11) is 0. The zero-order valence-corrected chi connectivity index (χ0v) is 9.96. The predicted octanol–water partition coefficient (Wildman–Crippen LogP) is 4.93. The molecule has 1 rings (SSSR count). The van der Waals surface area contributed by atoms with E-state index in [1.54, 1.807) is 0 Å². The van der Waals surface area contributed by atoms with Crippen molar-refractivity contribution >= 4 is 0 Å². The first-order valence-corrected chi connectivity index (χ1v) is 5.12. The molecule has 84 valence electrons. The zero-order chi connectivity index (χ0) is 12.1. The topological polar surface area (TPSA) is 0 Å². The summed E-state index contributed by atoms with van der Waals surface area (Å²) in [6, 6.07) is 10.3. The Morgan fingerprint density at radius 2 is 1.67 bits per heavy atom. The van der Waals surface area contributed by atoms with Gasteiger partial charge in [0.25, 0.3) is 0 Å². The molecule has 1 aromatic carbocycles. The molecule has 0 saturated carbocycles. The van der Waals surface area contributed by atoms with Crippen LogP contribution in [-0.4, -0.2) is 0 Å². The SMILES string of the molecule is C=C(C)F.C=CCc1ccccc1.CC. The number of benzene rings is 1. The molecular weight excluding hydrogens is 187 g/mol. The van der Waals surface area contributed by atoms with Crippen LogP contribution in [0, 0.1) is 0 Å². The largest absolute Gasteiger partial charge is 0.213 e. The molecule has 0 saturated heterocycles. The van der Waals surface area contributed by atoms with Gasteiger partial charge in [-0.1, -0.05) is 56.8 Å². The molecule has 0 N–H and O–H groups in total. The number of halogens is 1. The number of hydrogen-bond acceptors (Lipinski definition) is 0.